The molecule has 0 aromatic carbocycles. The van der Waals surface area contributed by atoms with Crippen LogP contribution in [0, 0.1) is 12.3 Å². The Morgan fingerprint density at radius 2 is 2.07 bits per heavy atom. The number of nitrogens with one attached hydrogen (secondary N) is 1. The zero-order valence-corrected chi connectivity index (χ0v) is 9.20. The lowest BCUT2D eigenvalue weighted by Gasteiger charge is -2.29. The summed E-state index contributed by atoms with van der Waals surface area (Å²) in [5.41, 5.74) is -0.813. The van der Waals surface area contributed by atoms with E-state index in [0.717, 1.165) is 4.90 Å². The van der Waals surface area contributed by atoms with Gasteiger partial charge in [-0.05, 0) is 20.9 Å². The Morgan fingerprint density at radius 3 is 2.40 bits per heavy atom. The molecule has 0 aliphatic heterocycles. The molecule has 0 saturated carbocycles. The predicted octanol–water partition coefficient (Wildman–Crippen LogP) is -0.469. The van der Waals surface area contributed by atoms with Crippen molar-refractivity contribution in [3.05, 3.63) is 0 Å². The second-order valence-corrected chi connectivity index (χ2v) is 3.63. The monoisotopic (exact) mass is 212 g/mol. The van der Waals surface area contributed by atoms with E-state index >= 15 is 0 Å². The fourth-order valence-corrected chi connectivity index (χ4v) is 0.975. The minimum atomic E-state index is -1.08. The van der Waals surface area contributed by atoms with E-state index in [4.69, 9.17) is 11.5 Å². The highest BCUT2D eigenvalue weighted by molar-refractivity contribution is 5.88. The Bertz CT molecular complexity index is 292. The number of terminal acetylenes is 1. The third-order valence-electron chi connectivity index (χ3n) is 2.06. The molecule has 0 aromatic rings. The van der Waals surface area contributed by atoms with Crippen LogP contribution in [0.3, 0.4) is 0 Å². The van der Waals surface area contributed by atoms with Crippen molar-refractivity contribution < 1.29 is 14.7 Å². The molecule has 0 aliphatic rings. The van der Waals surface area contributed by atoms with E-state index in [1.807, 2.05) is 0 Å². The Balaban J connectivity index is 4.71. The lowest BCUT2D eigenvalue weighted by molar-refractivity contribution is -0.146. The van der Waals surface area contributed by atoms with Crippen molar-refractivity contribution in [1.29, 1.82) is 0 Å². The second kappa shape index (κ2) is 5.37. The van der Waals surface area contributed by atoms with E-state index in [-0.39, 0.29) is 19.0 Å². The van der Waals surface area contributed by atoms with E-state index in [1.54, 1.807) is 20.9 Å². The van der Waals surface area contributed by atoms with Crippen LogP contribution in [0.15, 0.2) is 0 Å². The van der Waals surface area contributed by atoms with Crippen LogP contribution in [-0.4, -0.2) is 47.6 Å². The van der Waals surface area contributed by atoms with Gasteiger partial charge in [-0.1, -0.05) is 5.92 Å². The molecule has 2 N–H and O–H groups in total. The zero-order chi connectivity index (χ0) is 12.1. The molecular weight excluding hydrogens is 196 g/mol. The highest BCUT2D eigenvalue weighted by atomic mass is 16.4. The fourth-order valence-electron chi connectivity index (χ4n) is 0.975. The van der Waals surface area contributed by atoms with Crippen LogP contribution in [0.1, 0.15) is 13.8 Å². The standard InChI is InChI=1S/C10H16N2O3/c1-5-6-12(7-8(13)14)9(15)10(2,3)11-4/h1,11H,6-7H2,2-4H3,(H,13,14). The molecule has 0 heterocycles. The van der Waals surface area contributed by atoms with Crippen molar-refractivity contribution in [3.8, 4) is 12.3 Å². The quantitative estimate of drug-likeness (QED) is 0.604. The molecule has 1 amide bonds. The van der Waals surface area contributed by atoms with Gasteiger partial charge in [0, 0.05) is 0 Å². The number of likely N-dealkylation sites (N-methyl/N-ethyl adjacent to an activating group) is 1. The maximum Gasteiger partial charge on any atom is 0.323 e. The summed E-state index contributed by atoms with van der Waals surface area (Å²) >= 11 is 0. The van der Waals surface area contributed by atoms with Gasteiger partial charge in [0.15, 0.2) is 0 Å². The average Bonchev–Trinajstić information content (AvgIpc) is 2.15. The summed E-state index contributed by atoms with van der Waals surface area (Å²) in [7, 11) is 1.63. The summed E-state index contributed by atoms with van der Waals surface area (Å²) in [4.78, 5) is 23.5. The van der Waals surface area contributed by atoms with Gasteiger partial charge in [-0.15, -0.1) is 6.42 Å². The first-order valence-electron chi connectivity index (χ1n) is 4.48. The number of carbonyl (C=O) groups is 2. The zero-order valence-electron chi connectivity index (χ0n) is 9.20. The van der Waals surface area contributed by atoms with Crippen LogP contribution in [0.4, 0.5) is 0 Å². The molecule has 0 radical (unpaired) electrons. The summed E-state index contributed by atoms with van der Waals surface area (Å²) in [6.45, 7) is 2.95. The molecule has 0 atom stereocenters. The first kappa shape index (κ1) is 13.5. The number of carboxylic acid groups (broad SMARTS) is 1. The third kappa shape index (κ3) is 4.00. The van der Waals surface area contributed by atoms with Crippen LogP contribution in [0.5, 0.6) is 0 Å². The summed E-state index contributed by atoms with van der Waals surface area (Å²) in [6, 6.07) is 0. The molecule has 0 aromatic heterocycles. The van der Waals surface area contributed by atoms with Gasteiger partial charge in [0.25, 0.3) is 0 Å². The highest BCUT2D eigenvalue weighted by Gasteiger charge is 2.30. The molecule has 0 spiro atoms. The average molecular weight is 212 g/mol. The van der Waals surface area contributed by atoms with Gasteiger partial charge in [0.2, 0.25) is 5.91 Å². The van der Waals surface area contributed by atoms with Gasteiger partial charge in [-0.25, -0.2) is 0 Å². The lowest BCUT2D eigenvalue weighted by atomic mass is 10.0. The first-order valence-corrected chi connectivity index (χ1v) is 4.48. The Labute approximate surface area is 89.4 Å². The van der Waals surface area contributed by atoms with Gasteiger partial charge >= 0.3 is 5.97 Å². The summed E-state index contributed by atoms with van der Waals surface area (Å²) in [5, 5.41) is 11.4. The Morgan fingerprint density at radius 1 is 1.53 bits per heavy atom. The molecule has 5 heteroatoms. The third-order valence-corrected chi connectivity index (χ3v) is 2.06. The first-order chi connectivity index (χ1) is 6.85. The topological polar surface area (TPSA) is 69.6 Å². The largest absolute Gasteiger partial charge is 0.480 e. The van der Waals surface area contributed by atoms with Gasteiger partial charge in [-0.2, -0.15) is 0 Å². The number of hydrogen-bond donors (Lipinski definition) is 2. The highest BCUT2D eigenvalue weighted by Crippen LogP contribution is 2.06. The summed E-state index contributed by atoms with van der Waals surface area (Å²) in [6.07, 6.45) is 5.07. The summed E-state index contributed by atoms with van der Waals surface area (Å²) in [5.74, 6) is 0.858. The van der Waals surface area contributed by atoms with Crippen LogP contribution >= 0.6 is 0 Å². The van der Waals surface area contributed by atoms with Crippen molar-refractivity contribution in [2.75, 3.05) is 20.1 Å². The molecule has 0 unspecified atom stereocenters. The lowest BCUT2D eigenvalue weighted by Crippen LogP contribution is -2.54. The van der Waals surface area contributed by atoms with Crippen molar-refractivity contribution in [1.82, 2.24) is 10.2 Å². The normalized spacial score (nSPS) is 10.5. The maximum absolute atomic E-state index is 11.8. The number of carbonyl (C=O) groups excluding carboxylic acids is 1. The smallest absolute Gasteiger partial charge is 0.323 e. The van der Waals surface area contributed by atoms with E-state index in [0.29, 0.717) is 0 Å². The van der Waals surface area contributed by atoms with Gasteiger partial charge < -0.3 is 15.3 Å². The van der Waals surface area contributed by atoms with Crippen LogP contribution in [0.2, 0.25) is 0 Å². The number of nitrogens with zero attached hydrogens (tertiary/aromatic N) is 1. The molecule has 0 aliphatic carbocycles. The van der Waals surface area contributed by atoms with E-state index in [2.05, 4.69) is 11.2 Å². The maximum atomic E-state index is 11.8. The minimum Gasteiger partial charge on any atom is -0.480 e. The fraction of sp³-hybridized carbons (Fsp3) is 0.600. The second-order valence-electron chi connectivity index (χ2n) is 3.63. The Hall–Kier alpha value is -1.54. The predicted molar refractivity (Wildman–Crippen MR) is 56.2 cm³/mol. The molecular formula is C10H16N2O3. The summed E-state index contributed by atoms with van der Waals surface area (Å²) < 4.78 is 0. The molecule has 15 heavy (non-hydrogen) atoms. The Kier molecular flexibility index (Phi) is 4.82. The SMILES string of the molecule is C#CCN(CC(=O)O)C(=O)C(C)(C)NC. The number of carboxylic acids is 1. The number of hydrogen-bond acceptors (Lipinski definition) is 3. The van der Waals surface area contributed by atoms with Crippen molar-refractivity contribution >= 4 is 11.9 Å². The van der Waals surface area contributed by atoms with Crippen LogP contribution in [-0.2, 0) is 9.59 Å². The number of aliphatic carboxylic acids is 1. The molecule has 0 bridgehead atoms. The van der Waals surface area contributed by atoms with Crippen molar-refractivity contribution in [2.24, 2.45) is 0 Å². The van der Waals surface area contributed by atoms with Gasteiger partial charge in [-0.3, -0.25) is 9.59 Å². The molecule has 84 valence electrons. The molecule has 5 nitrogen and oxygen atoms in total. The van der Waals surface area contributed by atoms with Crippen molar-refractivity contribution in [2.45, 2.75) is 19.4 Å². The van der Waals surface area contributed by atoms with Gasteiger partial charge in [0.1, 0.15) is 6.54 Å². The minimum absolute atomic E-state index is 0.00373. The van der Waals surface area contributed by atoms with Gasteiger partial charge in [0.05, 0.1) is 12.1 Å². The van der Waals surface area contributed by atoms with E-state index in [9.17, 15) is 9.59 Å². The van der Waals surface area contributed by atoms with E-state index in [1.165, 1.54) is 0 Å². The molecule has 0 fully saturated rings. The van der Waals surface area contributed by atoms with Crippen LogP contribution in [0.25, 0.3) is 0 Å². The van der Waals surface area contributed by atoms with Crippen LogP contribution < -0.4 is 5.32 Å². The van der Waals surface area contributed by atoms with Crippen molar-refractivity contribution in [3.63, 3.8) is 0 Å². The molecule has 0 rings (SSSR count). The van der Waals surface area contributed by atoms with E-state index < -0.39 is 11.5 Å². The molecule has 0 saturated heterocycles. The number of rotatable bonds is 5. The number of amides is 1.